The fraction of sp³-hybridized carbons (Fsp3) is 0.787. The number of unbranched alkanes of at least 4 members (excludes halogenated alkanes) is 18. The van der Waals surface area contributed by atoms with Crippen LogP contribution in [0.15, 0.2) is 48.6 Å². The van der Waals surface area contributed by atoms with E-state index in [-0.39, 0.29) is 19.4 Å². The molecular weight excluding hydrogens is 789 g/mol. The Kier molecular flexibility index (Phi) is 34.5. The van der Waals surface area contributed by atoms with Crippen LogP contribution in [0.2, 0.25) is 0 Å². The highest BCUT2D eigenvalue weighted by atomic mass is 32.2. The van der Waals surface area contributed by atoms with E-state index in [4.69, 9.17) is 18.9 Å². The third kappa shape index (κ3) is 31.5. The summed E-state index contributed by atoms with van der Waals surface area (Å²) in [6, 6.07) is 0. The van der Waals surface area contributed by atoms with Gasteiger partial charge in [-0.25, -0.2) is 0 Å². The molecule has 0 radical (unpaired) electrons. The zero-order valence-corrected chi connectivity index (χ0v) is 37.9. The Bertz CT molecular complexity index is 1300. The minimum atomic E-state index is -4.61. The maximum absolute atomic E-state index is 12.8. The summed E-state index contributed by atoms with van der Waals surface area (Å²) < 4.78 is 54.1. The fourth-order valence-corrected chi connectivity index (χ4v) is 7.49. The summed E-state index contributed by atoms with van der Waals surface area (Å²) in [5.74, 6) is -2.01. The Hall–Kier alpha value is -2.39. The summed E-state index contributed by atoms with van der Waals surface area (Å²) in [5.41, 5.74) is 0. The summed E-state index contributed by atoms with van der Waals surface area (Å²) in [6.45, 7) is 3.62. The van der Waals surface area contributed by atoms with Crippen molar-refractivity contribution in [3.05, 3.63) is 48.6 Å². The molecule has 1 fully saturated rings. The lowest BCUT2D eigenvalue weighted by Gasteiger charge is -2.40. The molecule has 1 aliphatic rings. The summed E-state index contributed by atoms with van der Waals surface area (Å²) in [4.78, 5) is 25.4. The molecule has 0 bridgehead atoms. The molecule has 0 aromatic heterocycles. The molecule has 1 heterocycles. The third-order valence-electron chi connectivity index (χ3n) is 10.4. The molecule has 0 aromatic carbocycles. The standard InChI is InChI=1S/C47H82O12S/c1-3-5-7-9-11-13-15-17-19-20-22-24-26-28-30-32-34-36-43(49)58-40(38-57-47-46(52)45(51)44(50)41(59-47)39-60(53,54)55)37-56-42(48)35-33-31-29-27-25-23-21-18-16-14-12-10-8-6-4-2/h6,8,12-15,18,21,40-41,44-47,50-52H,3-5,7,9-11,16-17,19-20,22-39H2,1-2H3,(H,53,54,55)/b8-6+,14-12+,15-13+,21-18+/t40-,41-,44-,45?,46?,47+/m1/s1. The summed E-state index contributed by atoms with van der Waals surface area (Å²) in [7, 11) is -4.61. The van der Waals surface area contributed by atoms with Gasteiger partial charge in [0.25, 0.3) is 10.1 Å². The number of aliphatic hydroxyl groups excluding tert-OH is 3. The van der Waals surface area contributed by atoms with Crippen molar-refractivity contribution < 1.29 is 56.8 Å². The van der Waals surface area contributed by atoms with Gasteiger partial charge in [-0.1, -0.05) is 146 Å². The van der Waals surface area contributed by atoms with E-state index >= 15 is 0 Å². The number of carbonyl (C=O) groups excluding carboxylic acids is 2. The van der Waals surface area contributed by atoms with Gasteiger partial charge < -0.3 is 34.3 Å². The molecule has 1 aliphatic heterocycles. The summed E-state index contributed by atoms with van der Waals surface area (Å²) >= 11 is 0. The van der Waals surface area contributed by atoms with Crippen LogP contribution in [0.4, 0.5) is 0 Å². The van der Waals surface area contributed by atoms with Gasteiger partial charge in [-0.05, 0) is 70.6 Å². The molecule has 12 nitrogen and oxygen atoms in total. The topological polar surface area (TPSA) is 186 Å². The van der Waals surface area contributed by atoms with Gasteiger partial charge >= 0.3 is 11.9 Å². The average molecular weight is 871 g/mol. The molecule has 0 saturated carbocycles. The number of rotatable bonds is 38. The molecule has 13 heteroatoms. The van der Waals surface area contributed by atoms with Gasteiger partial charge in [-0.2, -0.15) is 8.42 Å². The van der Waals surface area contributed by atoms with Crippen molar-refractivity contribution in [3.8, 4) is 0 Å². The summed E-state index contributed by atoms with van der Waals surface area (Å²) in [6.07, 6.45) is 34.4. The van der Waals surface area contributed by atoms with E-state index in [1.54, 1.807) is 0 Å². The van der Waals surface area contributed by atoms with Gasteiger partial charge in [-0.3, -0.25) is 14.1 Å². The Morgan fingerprint density at radius 3 is 1.58 bits per heavy atom. The van der Waals surface area contributed by atoms with Gasteiger partial charge in [0.1, 0.15) is 36.8 Å². The highest BCUT2D eigenvalue weighted by Gasteiger charge is 2.46. The van der Waals surface area contributed by atoms with Crippen molar-refractivity contribution in [3.63, 3.8) is 0 Å². The van der Waals surface area contributed by atoms with Crippen molar-refractivity contribution in [1.82, 2.24) is 0 Å². The molecule has 0 spiro atoms. The predicted molar refractivity (Wildman–Crippen MR) is 238 cm³/mol. The quantitative estimate of drug-likeness (QED) is 0.0200. The Morgan fingerprint density at radius 2 is 1.05 bits per heavy atom. The molecule has 2 unspecified atom stereocenters. The zero-order chi connectivity index (χ0) is 44.1. The first kappa shape index (κ1) is 55.6. The van der Waals surface area contributed by atoms with E-state index in [0.717, 1.165) is 77.0 Å². The van der Waals surface area contributed by atoms with Gasteiger partial charge in [-0.15, -0.1) is 0 Å². The number of hydrogen-bond donors (Lipinski definition) is 4. The Morgan fingerprint density at radius 1 is 0.583 bits per heavy atom. The van der Waals surface area contributed by atoms with Gasteiger partial charge in [0.2, 0.25) is 0 Å². The normalized spacial score (nSPS) is 20.5. The second kappa shape index (κ2) is 37.2. The molecule has 0 aromatic rings. The molecule has 348 valence electrons. The third-order valence-corrected chi connectivity index (χ3v) is 11.1. The molecule has 0 amide bonds. The molecule has 1 rings (SSSR count). The second-order valence-corrected chi connectivity index (χ2v) is 17.5. The second-order valence-electron chi connectivity index (χ2n) is 16.0. The lowest BCUT2D eigenvalue weighted by atomic mass is 10.00. The minimum Gasteiger partial charge on any atom is -0.462 e. The zero-order valence-electron chi connectivity index (χ0n) is 37.1. The van der Waals surface area contributed by atoms with E-state index in [9.17, 15) is 37.9 Å². The largest absolute Gasteiger partial charge is 0.462 e. The first-order chi connectivity index (χ1) is 29.0. The molecule has 6 atom stereocenters. The first-order valence-corrected chi connectivity index (χ1v) is 24.8. The van der Waals surface area contributed by atoms with Gasteiger partial charge in [0.15, 0.2) is 12.4 Å². The molecular formula is C47H82O12S. The molecule has 1 saturated heterocycles. The van der Waals surface area contributed by atoms with Crippen molar-refractivity contribution in [1.29, 1.82) is 0 Å². The van der Waals surface area contributed by atoms with Crippen LogP contribution in [0.25, 0.3) is 0 Å². The van der Waals surface area contributed by atoms with Crippen LogP contribution in [0, 0.1) is 0 Å². The van der Waals surface area contributed by atoms with Crippen LogP contribution in [-0.2, 0) is 38.7 Å². The Labute approximate surface area is 363 Å². The van der Waals surface area contributed by atoms with E-state index in [2.05, 4.69) is 62.5 Å². The summed E-state index contributed by atoms with van der Waals surface area (Å²) in [5, 5.41) is 30.9. The minimum absolute atomic E-state index is 0.157. The van der Waals surface area contributed by atoms with Gasteiger partial charge in [0, 0.05) is 12.8 Å². The highest BCUT2D eigenvalue weighted by molar-refractivity contribution is 7.85. The van der Waals surface area contributed by atoms with Crippen LogP contribution in [0.5, 0.6) is 0 Å². The van der Waals surface area contributed by atoms with Crippen LogP contribution < -0.4 is 0 Å². The molecule has 0 aliphatic carbocycles. The average Bonchev–Trinajstić information content (AvgIpc) is 3.21. The van der Waals surface area contributed by atoms with Crippen LogP contribution in [-0.4, -0.2) is 96.0 Å². The molecule has 60 heavy (non-hydrogen) atoms. The van der Waals surface area contributed by atoms with E-state index in [1.807, 2.05) is 0 Å². The number of ether oxygens (including phenoxy) is 4. The van der Waals surface area contributed by atoms with Crippen molar-refractivity contribution in [2.75, 3.05) is 19.0 Å². The smallest absolute Gasteiger partial charge is 0.306 e. The first-order valence-electron chi connectivity index (χ1n) is 23.2. The SMILES string of the molecule is CC/C=C/C/C=C/C/C=C/CCCCCCCC(=O)OC[C@H](CO[C@H]1O[C@H](CS(=O)(=O)O)[C@@H](O)C(O)C1O)OC(=O)CCCCCCCCCCC/C=C/CCCCCC. The maximum atomic E-state index is 12.8. The number of allylic oxidation sites excluding steroid dienone is 8. The van der Waals surface area contributed by atoms with Gasteiger partial charge in [0.05, 0.1) is 6.61 Å². The number of hydrogen-bond acceptors (Lipinski definition) is 11. The van der Waals surface area contributed by atoms with E-state index in [0.29, 0.717) is 12.8 Å². The van der Waals surface area contributed by atoms with Crippen LogP contribution in [0.1, 0.15) is 181 Å². The monoisotopic (exact) mass is 871 g/mol. The lowest BCUT2D eigenvalue weighted by molar-refractivity contribution is -0.297. The van der Waals surface area contributed by atoms with Crippen LogP contribution in [0.3, 0.4) is 0 Å². The van der Waals surface area contributed by atoms with E-state index < -0.39 is 71.2 Å². The number of carbonyl (C=O) groups is 2. The highest BCUT2D eigenvalue weighted by Crippen LogP contribution is 2.24. The van der Waals surface area contributed by atoms with E-state index in [1.165, 1.54) is 64.2 Å². The van der Waals surface area contributed by atoms with Crippen molar-refractivity contribution in [2.24, 2.45) is 0 Å². The molecule has 4 N–H and O–H groups in total. The predicted octanol–water partition coefficient (Wildman–Crippen LogP) is 9.56. The van der Waals surface area contributed by atoms with Crippen molar-refractivity contribution in [2.45, 2.75) is 218 Å². The number of aliphatic hydroxyl groups is 3. The van der Waals surface area contributed by atoms with Crippen molar-refractivity contribution >= 4 is 22.1 Å². The lowest BCUT2D eigenvalue weighted by Crippen LogP contribution is -2.60. The Balaban J connectivity index is 2.44. The fourth-order valence-electron chi connectivity index (χ4n) is 6.80. The number of esters is 2. The van der Waals surface area contributed by atoms with Crippen LogP contribution >= 0.6 is 0 Å². The maximum Gasteiger partial charge on any atom is 0.306 e.